The number of carbonyl (C=O) groups is 1. The van der Waals surface area contributed by atoms with Gasteiger partial charge in [-0.15, -0.1) is 0 Å². The van der Waals surface area contributed by atoms with Crippen LogP contribution in [0, 0.1) is 5.82 Å². The number of nitrogens with two attached hydrogens (primary N) is 1. The molecule has 0 heterocycles. The Morgan fingerprint density at radius 2 is 2.33 bits per heavy atom. The van der Waals surface area contributed by atoms with Gasteiger partial charge < -0.3 is 10.5 Å². The van der Waals surface area contributed by atoms with Gasteiger partial charge in [0.1, 0.15) is 5.82 Å². The average Bonchev–Trinajstić information content (AvgIpc) is 2.17. The smallest absolute Gasteiger partial charge is 0.330 e. The van der Waals surface area contributed by atoms with Crippen LogP contribution >= 0.6 is 0 Å². The van der Waals surface area contributed by atoms with Gasteiger partial charge >= 0.3 is 5.97 Å². The van der Waals surface area contributed by atoms with E-state index in [0.717, 1.165) is 0 Å². The molecule has 15 heavy (non-hydrogen) atoms. The first kappa shape index (κ1) is 11.2. The summed E-state index contributed by atoms with van der Waals surface area (Å²) < 4.78 is 17.9. The van der Waals surface area contributed by atoms with E-state index in [-0.39, 0.29) is 0 Å². The molecule has 0 fully saturated rings. The molecule has 0 spiro atoms. The molecule has 0 bridgehead atoms. The molecular weight excluding hydrogens is 197 g/mol. The molecular formula is C11H12FNO2. The Balaban J connectivity index is 2.76. The lowest BCUT2D eigenvalue weighted by Crippen LogP contribution is -1.98. The number of hydrogen-bond donors (Lipinski definition) is 1. The fourth-order valence-electron chi connectivity index (χ4n) is 1.03. The number of halogens is 1. The van der Waals surface area contributed by atoms with Crippen LogP contribution in [-0.2, 0) is 9.53 Å². The van der Waals surface area contributed by atoms with Gasteiger partial charge in [0.25, 0.3) is 0 Å². The van der Waals surface area contributed by atoms with E-state index in [4.69, 9.17) is 5.73 Å². The molecule has 0 saturated carbocycles. The van der Waals surface area contributed by atoms with E-state index in [2.05, 4.69) is 4.74 Å². The highest BCUT2D eigenvalue weighted by Gasteiger charge is 2.00. The molecule has 3 nitrogen and oxygen atoms in total. The van der Waals surface area contributed by atoms with E-state index < -0.39 is 11.8 Å². The van der Waals surface area contributed by atoms with Crippen molar-refractivity contribution >= 4 is 17.7 Å². The zero-order valence-corrected chi connectivity index (χ0v) is 8.37. The first-order valence-electron chi connectivity index (χ1n) is 4.53. The number of carbonyl (C=O) groups excluding carboxylic acids is 1. The predicted octanol–water partition coefficient (Wildman–Crippen LogP) is 1.98. The van der Waals surface area contributed by atoms with Gasteiger partial charge in [-0.05, 0) is 31.2 Å². The highest BCUT2D eigenvalue weighted by Crippen LogP contribution is 2.13. The normalized spacial score (nSPS) is 10.5. The van der Waals surface area contributed by atoms with Gasteiger partial charge in [0.05, 0.1) is 6.61 Å². The first-order chi connectivity index (χ1) is 7.13. The highest BCUT2D eigenvalue weighted by atomic mass is 19.1. The fourth-order valence-corrected chi connectivity index (χ4v) is 1.03. The average molecular weight is 209 g/mol. The lowest BCUT2D eigenvalue weighted by atomic mass is 10.2. The van der Waals surface area contributed by atoms with Crippen LogP contribution in [0.5, 0.6) is 0 Å². The lowest BCUT2D eigenvalue weighted by molar-refractivity contribution is -0.137. The zero-order valence-electron chi connectivity index (χ0n) is 8.37. The van der Waals surface area contributed by atoms with E-state index in [9.17, 15) is 9.18 Å². The number of ether oxygens (including phenoxy) is 1. The minimum atomic E-state index is -0.492. The number of benzene rings is 1. The van der Waals surface area contributed by atoms with Crippen molar-refractivity contribution in [3.63, 3.8) is 0 Å². The molecule has 0 unspecified atom stereocenters. The van der Waals surface area contributed by atoms with Crippen LogP contribution in [0.1, 0.15) is 12.5 Å². The summed E-state index contributed by atoms with van der Waals surface area (Å²) in [5, 5.41) is 0. The number of hydrogen-bond acceptors (Lipinski definition) is 3. The van der Waals surface area contributed by atoms with Crippen LogP contribution in [0.15, 0.2) is 24.3 Å². The van der Waals surface area contributed by atoms with E-state index in [1.54, 1.807) is 13.0 Å². The summed E-state index contributed by atoms with van der Waals surface area (Å²) in [6.45, 7) is 2.00. The SMILES string of the molecule is CCOC(=O)/C=C/c1ccc(N)cc1F. The van der Waals surface area contributed by atoms with E-state index in [1.807, 2.05) is 0 Å². The Labute approximate surface area is 87.3 Å². The Morgan fingerprint density at radius 3 is 2.93 bits per heavy atom. The molecule has 0 aliphatic rings. The van der Waals surface area contributed by atoms with Crippen molar-refractivity contribution in [2.24, 2.45) is 0 Å². The summed E-state index contributed by atoms with van der Waals surface area (Å²) >= 11 is 0. The van der Waals surface area contributed by atoms with Gasteiger partial charge in [-0.3, -0.25) is 0 Å². The van der Waals surface area contributed by atoms with Crippen molar-refractivity contribution in [1.82, 2.24) is 0 Å². The van der Waals surface area contributed by atoms with Gasteiger partial charge in [-0.25, -0.2) is 9.18 Å². The van der Waals surface area contributed by atoms with Gasteiger partial charge in [-0.1, -0.05) is 0 Å². The van der Waals surface area contributed by atoms with Crippen LogP contribution < -0.4 is 5.73 Å². The predicted molar refractivity (Wildman–Crippen MR) is 56.5 cm³/mol. The number of rotatable bonds is 3. The lowest BCUT2D eigenvalue weighted by Gasteiger charge is -1.98. The zero-order chi connectivity index (χ0) is 11.3. The number of anilines is 1. The van der Waals surface area contributed by atoms with Gasteiger partial charge in [0, 0.05) is 17.3 Å². The molecule has 2 N–H and O–H groups in total. The van der Waals surface area contributed by atoms with Crippen LogP contribution in [0.25, 0.3) is 6.08 Å². The van der Waals surface area contributed by atoms with E-state index in [0.29, 0.717) is 17.9 Å². The summed E-state index contributed by atoms with van der Waals surface area (Å²) in [5.41, 5.74) is 6.03. The van der Waals surface area contributed by atoms with Gasteiger partial charge in [0.15, 0.2) is 0 Å². The second-order valence-electron chi connectivity index (χ2n) is 2.87. The van der Waals surface area contributed by atoms with Crippen molar-refractivity contribution in [3.8, 4) is 0 Å². The van der Waals surface area contributed by atoms with Crippen molar-refractivity contribution in [2.75, 3.05) is 12.3 Å². The van der Waals surface area contributed by atoms with E-state index >= 15 is 0 Å². The minimum absolute atomic E-state index is 0.299. The third-order valence-electron chi connectivity index (χ3n) is 1.71. The van der Waals surface area contributed by atoms with Crippen molar-refractivity contribution in [2.45, 2.75) is 6.92 Å². The number of esters is 1. The minimum Gasteiger partial charge on any atom is -0.463 e. The van der Waals surface area contributed by atoms with Crippen LogP contribution in [0.4, 0.5) is 10.1 Å². The molecule has 4 heteroatoms. The Bertz CT molecular complexity index is 388. The summed E-state index contributed by atoms with van der Waals surface area (Å²) in [4.78, 5) is 10.9. The van der Waals surface area contributed by atoms with Crippen LogP contribution in [0.3, 0.4) is 0 Å². The summed E-state index contributed by atoms with van der Waals surface area (Å²) in [7, 11) is 0. The van der Waals surface area contributed by atoms with Gasteiger partial charge in [0.2, 0.25) is 0 Å². The molecule has 1 rings (SSSR count). The first-order valence-corrected chi connectivity index (χ1v) is 4.53. The second-order valence-corrected chi connectivity index (χ2v) is 2.87. The summed E-state index contributed by atoms with van der Waals surface area (Å²) in [5.74, 6) is -0.954. The molecule has 80 valence electrons. The Kier molecular flexibility index (Phi) is 3.85. The second kappa shape index (κ2) is 5.14. The van der Waals surface area contributed by atoms with Crippen molar-refractivity contribution in [1.29, 1.82) is 0 Å². The third-order valence-corrected chi connectivity index (χ3v) is 1.71. The quantitative estimate of drug-likeness (QED) is 0.470. The molecule has 0 radical (unpaired) electrons. The van der Waals surface area contributed by atoms with Crippen LogP contribution in [-0.4, -0.2) is 12.6 Å². The topological polar surface area (TPSA) is 52.3 Å². The Morgan fingerprint density at radius 1 is 1.60 bits per heavy atom. The standard InChI is InChI=1S/C11H12FNO2/c1-2-15-11(14)6-4-8-3-5-9(13)7-10(8)12/h3-7H,2,13H2,1H3/b6-4+. The maximum absolute atomic E-state index is 13.2. The summed E-state index contributed by atoms with van der Waals surface area (Å²) in [6, 6.07) is 4.26. The van der Waals surface area contributed by atoms with Crippen molar-refractivity contribution < 1.29 is 13.9 Å². The third kappa shape index (κ3) is 3.42. The molecule has 1 aromatic rings. The molecule has 0 aromatic heterocycles. The molecule has 0 aliphatic carbocycles. The maximum Gasteiger partial charge on any atom is 0.330 e. The summed E-state index contributed by atoms with van der Waals surface area (Å²) in [6.07, 6.45) is 2.53. The molecule has 0 aliphatic heterocycles. The fraction of sp³-hybridized carbons (Fsp3) is 0.182. The molecule has 1 aromatic carbocycles. The van der Waals surface area contributed by atoms with Crippen LogP contribution in [0.2, 0.25) is 0 Å². The van der Waals surface area contributed by atoms with Gasteiger partial charge in [-0.2, -0.15) is 0 Å². The molecule has 0 atom stereocenters. The van der Waals surface area contributed by atoms with Crippen molar-refractivity contribution in [3.05, 3.63) is 35.7 Å². The maximum atomic E-state index is 13.2. The van der Waals surface area contributed by atoms with E-state index in [1.165, 1.54) is 24.3 Å². The largest absolute Gasteiger partial charge is 0.463 e. The Hall–Kier alpha value is -1.84. The molecule has 0 amide bonds. The highest BCUT2D eigenvalue weighted by molar-refractivity contribution is 5.87. The molecule has 0 saturated heterocycles. The monoisotopic (exact) mass is 209 g/mol. The number of nitrogen functional groups attached to an aromatic ring is 1.